The molecule has 0 radical (unpaired) electrons. The number of carbonyl (C=O) groups is 3. The quantitative estimate of drug-likeness (QED) is 0.248. The number of hydrogen-bond donors (Lipinski definition) is 7. The molecule has 0 spiro atoms. The number of nitrogens with zero attached hydrogens (tertiary/aromatic N) is 2. The molecule has 0 fully saturated rings. The molecule has 2 amide bonds. The Morgan fingerprint density at radius 3 is 2.71 bits per heavy atom. The summed E-state index contributed by atoms with van der Waals surface area (Å²) >= 11 is 3.30. The SMILES string of the molecule is Cc1cc(Br)cc(C(CC(=O)O)NC(=O)CNC(=O)c2cncc(NC3=NCC(O)CN3)c2)c1O. The fourth-order valence-corrected chi connectivity index (χ4v) is 3.92. The molecular formula is C22H25BrN6O6. The summed E-state index contributed by atoms with van der Waals surface area (Å²) in [6.07, 6.45) is 1.79. The number of amides is 2. The number of β-amino-alcohol motifs (C(OH)–C–C–N with tert-alkyl or cyclic N) is 1. The number of aliphatic carboxylic acids is 1. The second-order valence-corrected chi connectivity index (χ2v) is 8.79. The van der Waals surface area contributed by atoms with Gasteiger partial charge in [-0.05, 0) is 30.7 Å². The first-order chi connectivity index (χ1) is 16.6. The number of rotatable bonds is 8. The van der Waals surface area contributed by atoms with Crippen molar-refractivity contribution in [2.75, 3.05) is 25.0 Å². The van der Waals surface area contributed by atoms with E-state index >= 15 is 0 Å². The number of pyridine rings is 1. The summed E-state index contributed by atoms with van der Waals surface area (Å²) < 4.78 is 0.618. The number of anilines is 1. The van der Waals surface area contributed by atoms with Crippen LogP contribution in [0.25, 0.3) is 0 Å². The highest BCUT2D eigenvalue weighted by atomic mass is 79.9. The molecule has 7 N–H and O–H groups in total. The van der Waals surface area contributed by atoms with Gasteiger partial charge in [-0.25, -0.2) is 0 Å². The van der Waals surface area contributed by atoms with Crippen molar-refractivity contribution in [1.29, 1.82) is 0 Å². The van der Waals surface area contributed by atoms with Gasteiger partial charge in [-0.3, -0.25) is 24.4 Å². The predicted octanol–water partition coefficient (Wildman–Crippen LogP) is 0.652. The standard InChI is InChI=1S/C22H25BrN6O6/c1-11-2-13(23)4-16(20(11)34)17(5-19(32)33)29-18(31)10-25-21(35)12-3-14(7-24-6-12)28-22-26-8-15(30)9-27-22/h2-4,6-7,15,17,30,34H,5,8-10H2,1H3,(H,25,35)(H,29,31)(H,32,33)(H2,26,27,28). The number of aryl methyl sites for hydroxylation is 1. The van der Waals surface area contributed by atoms with E-state index in [0.29, 0.717) is 28.2 Å². The fraction of sp³-hybridized carbons (Fsp3) is 0.318. The summed E-state index contributed by atoms with van der Waals surface area (Å²) in [5, 5.41) is 40.0. The number of aliphatic imine (C=N–C) groups is 1. The summed E-state index contributed by atoms with van der Waals surface area (Å²) in [4.78, 5) is 44.5. The van der Waals surface area contributed by atoms with Gasteiger partial charge in [0.2, 0.25) is 5.91 Å². The van der Waals surface area contributed by atoms with E-state index in [-0.39, 0.29) is 23.4 Å². The van der Waals surface area contributed by atoms with E-state index < -0.39 is 42.9 Å². The largest absolute Gasteiger partial charge is 0.507 e. The van der Waals surface area contributed by atoms with Crippen molar-refractivity contribution in [2.45, 2.75) is 25.5 Å². The molecule has 186 valence electrons. The van der Waals surface area contributed by atoms with Gasteiger partial charge in [-0.15, -0.1) is 0 Å². The number of carboxylic acids is 1. The number of carbonyl (C=O) groups excluding carboxylic acids is 2. The maximum atomic E-state index is 12.5. The maximum absolute atomic E-state index is 12.5. The summed E-state index contributed by atoms with van der Waals surface area (Å²) in [7, 11) is 0. The molecule has 0 saturated heterocycles. The highest BCUT2D eigenvalue weighted by Gasteiger charge is 2.23. The zero-order valence-electron chi connectivity index (χ0n) is 18.7. The molecule has 2 unspecified atom stereocenters. The van der Waals surface area contributed by atoms with Gasteiger partial charge in [-0.2, -0.15) is 0 Å². The molecule has 12 nitrogen and oxygen atoms in total. The van der Waals surface area contributed by atoms with Crippen molar-refractivity contribution in [3.8, 4) is 5.75 Å². The van der Waals surface area contributed by atoms with Crippen LogP contribution >= 0.6 is 15.9 Å². The predicted molar refractivity (Wildman–Crippen MR) is 130 cm³/mol. The van der Waals surface area contributed by atoms with Crippen LogP contribution in [-0.4, -0.2) is 69.8 Å². The van der Waals surface area contributed by atoms with E-state index in [9.17, 15) is 29.7 Å². The molecule has 13 heteroatoms. The third-order valence-electron chi connectivity index (χ3n) is 5.02. The van der Waals surface area contributed by atoms with E-state index in [1.165, 1.54) is 24.5 Å². The molecule has 2 heterocycles. The Balaban J connectivity index is 1.62. The molecule has 0 aliphatic carbocycles. The van der Waals surface area contributed by atoms with Crippen molar-refractivity contribution >= 4 is 45.4 Å². The molecule has 0 bridgehead atoms. The van der Waals surface area contributed by atoms with E-state index in [1.54, 1.807) is 13.0 Å². The first-order valence-electron chi connectivity index (χ1n) is 10.6. The third-order valence-corrected chi connectivity index (χ3v) is 5.48. The molecule has 3 rings (SSSR count). The molecule has 1 aromatic heterocycles. The number of halogens is 1. The number of phenols is 1. The maximum Gasteiger partial charge on any atom is 0.305 e. The molecule has 0 saturated carbocycles. The monoisotopic (exact) mass is 548 g/mol. The van der Waals surface area contributed by atoms with Crippen LogP contribution in [0.1, 0.15) is 33.9 Å². The first-order valence-corrected chi connectivity index (χ1v) is 11.4. The van der Waals surface area contributed by atoms with Crippen LogP contribution < -0.4 is 21.3 Å². The Morgan fingerprint density at radius 1 is 1.26 bits per heavy atom. The fourth-order valence-electron chi connectivity index (χ4n) is 3.33. The normalized spacial score (nSPS) is 15.9. The molecule has 2 atom stereocenters. The number of aliphatic hydroxyl groups excluding tert-OH is 1. The number of hydrogen-bond acceptors (Lipinski definition) is 9. The van der Waals surface area contributed by atoms with Crippen LogP contribution in [0.15, 0.2) is 40.1 Å². The number of aromatic hydroxyl groups is 1. The van der Waals surface area contributed by atoms with Crippen molar-refractivity contribution in [1.82, 2.24) is 20.9 Å². The van der Waals surface area contributed by atoms with Gasteiger partial charge in [0.1, 0.15) is 5.75 Å². The molecular weight excluding hydrogens is 524 g/mol. The number of guanidine groups is 1. The lowest BCUT2D eigenvalue weighted by Crippen LogP contribution is -2.42. The minimum atomic E-state index is -1.17. The van der Waals surface area contributed by atoms with E-state index in [2.05, 4.69) is 47.2 Å². The summed E-state index contributed by atoms with van der Waals surface area (Å²) in [6, 6.07) is 3.70. The lowest BCUT2D eigenvalue weighted by Gasteiger charge is -2.20. The number of phenolic OH excluding ortho intramolecular Hbond substituents is 1. The minimum absolute atomic E-state index is 0.120. The average Bonchev–Trinajstić information content (AvgIpc) is 2.81. The summed E-state index contributed by atoms with van der Waals surface area (Å²) in [5.74, 6) is -2.06. The molecule has 1 aliphatic heterocycles. The Kier molecular flexibility index (Phi) is 8.60. The number of aliphatic hydroxyl groups is 1. The van der Waals surface area contributed by atoms with Crippen LogP contribution in [0.2, 0.25) is 0 Å². The number of nitrogens with one attached hydrogen (secondary N) is 4. The Morgan fingerprint density at radius 2 is 2.03 bits per heavy atom. The van der Waals surface area contributed by atoms with Gasteiger partial charge < -0.3 is 36.6 Å². The zero-order valence-corrected chi connectivity index (χ0v) is 20.3. The van der Waals surface area contributed by atoms with Gasteiger partial charge in [0.25, 0.3) is 5.91 Å². The van der Waals surface area contributed by atoms with Gasteiger partial charge in [0.15, 0.2) is 5.96 Å². The van der Waals surface area contributed by atoms with Gasteiger partial charge in [-0.1, -0.05) is 15.9 Å². The summed E-state index contributed by atoms with van der Waals surface area (Å²) in [6.45, 7) is 1.82. The Labute approximate surface area is 209 Å². The zero-order chi connectivity index (χ0) is 25.5. The van der Waals surface area contributed by atoms with E-state index in [4.69, 9.17) is 0 Å². The second-order valence-electron chi connectivity index (χ2n) is 7.87. The topological polar surface area (TPSA) is 185 Å². The van der Waals surface area contributed by atoms with Crippen LogP contribution in [0.5, 0.6) is 5.75 Å². The van der Waals surface area contributed by atoms with Crippen LogP contribution in [0, 0.1) is 6.92 Å². The second kappa shape index (κ2) is 11.6. The Bertz CT molecular complexity index is 1160. The van der Waals surface area contributed by atoms with Crippen molar-refractivity contribution in [2.24, 2.45) is 4.99 Å². The number of aromatic nitrogens is 1. The lowest BCUT2D eigenvalue weighted by molar-refractivity contribution is -0.137. The molecule has 1 aromatic carbocycles. The highest BCUT2D eigenvalue weighted by molar-refractivity contribution is 9.10. The molecule has 35 heavy (non-hydrogen) atoms. The van der Waals surface area contributed by atoms with E-state index in [1.807, 2.05) is 0 Å². The Hall–Kier alpha value is -3.71. The third kappa shape index (κ3) is 7.39. The van der Waals surface area contributed by atoms with Crippen molar-refractivity contribution in [3.05, 3.63) is 51.8 Å². The number of carboxylic acid groups (broad SMARTS) is 1. The van der Waals surface area contributed by atoms with Crippen molar-refractivity contribution in [3.63, 3.8) is 0 Å². The van der Waals surface area contributed by atoms with Crippen molar-refractivity contribution < 1.29 is 29.7 Å². The summed E-state index contributed by atoms with van der Waals surface area (Å²) in [5.41, 5.74) is 1.42. The van der Waals surface area contributed by atoms with E-state index in [0.717, 1.165) is 0 Å². The van der Waals surface area contributed by atoms with Gasteiger partial charge >= 0.3 is 5.97 Å². The number of benzene rings is 1. The first kappa shape index (κ1) is 25.9. The van der Waals surface area contributed by atoms with Gasteiger partial charge in [0, 0.05) is 22.8 Å². The average molecular weight is 549 g/mol. The molecule has 1 aliphatic rings. The van der Waals surface area contributed by atoms with Gasteiger partial charge in [0.05, 0.1) is 49.1 Å². The smallest absolute Gasteiger partial charge is 0.305 e. The van der Waals surface area contributed by atoms with Crippen LogP contribution in [-0.2, 0) is 9.59 Å². The minimum Gasteiger partial charge on any atom is -0.507 e. The highest BCUT2D eigenvalue weighted by Crippen LogP contribution is 2.32. The lowest BCUT2D eigenvalue weighted by atomic mass is 10.00. The van der Waals surface area contributed by atoms with Crippen LogP contribution in [0.4, 0.5) is 5.69 Å². The molecule has 2 aromatic rings. The van der Waals surface area contributed by atoms with Crippen LogP contribution in [0.3, 0.4) is 0 Å².